The van der Waals surface area contributed by atoms with E-state index in [1.807, 2.05) is 60.4 Å². The first-order valence-corrected chi connectivity index (χ1v) is 11.8. The first-order chi connectivity index (χ1) is 16.0. The van der Waals surface area contributed by atoms with E-state index in [-0.39, 0.29) is 18.2 Å². The van der Waals surface area contributed by atoms with Gasteiger partial charge in [-0.05, 0) is 75.4 Å². The molecule has 1 fully saturated rings. The second-order valence-corrected chi connectivity index (χ2v) is 8.47. The summed E-state index contributed by atoms with van der Waals surface area (Å²) in [5, 5.41) is 4.55. The van der Waals surface area contributed by atoms with Crippen LogP contribution in [-0.4, -0.2) is 45.8 Å². The van der Waals surface area contributed by atoms with E-state index in [0.29, 0.717) is 11.6 Å². The number of likely N-dealkylation sites (tertiary alicyclic amines) is 1. The highest BCUT2D eigenvalue weighted by atomic mass is 16.5. The van der Waals surface area contributed by atoms with E-state index in [1.165, 1.54) is 6.42 Å². The third-order valence-electron chi connectivity index (χ3n) is 6.33. The minimum absolute atomic E-state index is 0.0832. The van der Waals surface area contributed by atoms with Crippen LogP contribution in [0.4, 0.5) is 0 Å². The van der Waals surface area contributed by atoms with Gasteiger partial charge in [0.05, 0.1) is 18.0 Å². The number of amides is 1. The molecule has 1 aromatic heterocycles. The Hall–Kier alpha value is -3.41. The lowest BCUT2D eigenvalue weighted by Gasteiger charge is -2.35. The quantitative estimate of drug-likeness (QED) is 0.475. The molecule has 1 aliphatic rings. The van der Waals surface area contributed by atoms with Crippen LogP contribution in [0.15, 0.2) is 54.6 Å². The molecular formula is C27H31N3O3. The molecule has 0 N–H and O–H groups in total. The lowest BCUT2D eigenvalue weighted by Crippen LogP contribution is -2.43. The average molecular weight is 446 g/mol. The summed E-state index contributed by atoms with van der Waals surface area (Å²) < 4.78 is 6.92. The topological polar surface area (TPSA) is 64.4 Å². The Bertz CT molecular complexity index is 1130. The van der Waals surface area contributed by atoms with E-state index in [1.54, 1.807) is 17.7 Å². The third-order valence-corrected chi connectivity index (χ3v) is 6.33. The summed E-state index contributed by atoms with van der Waals surface area (Å²) in [6.45, 7) is 7.06. The van der Waals surface area contributed by atoms with Gasteiger partial charge in [0.2, 0.25) is 0 Å². The van der Waals surface area contributed by atoms with Gasteiger partial charge in [0.25, 0.3) is 5.91 Å². The van der Waals surface area contributed by atoms with E-state index in [2.05, 4.69) is 12.0 Å². The SMILES string of the molecule is CCOC(=O)c1cc(-c2ccccc2C)n(-c2ccc(C(=O)N3CCCC[C@H]3CC)cc2)n1. The highest BCUT2D eigenvalue weighted by Gasteiger charge is 2.26. The summed E-state index contributed by atoms with van der Waals surface area (Å²) in [6.07, 6.45) is 4.30. The number of ether oxygens (including phenoxy) is 1. The molecule has 0 saturated carbocycles. The van der Waals surface area contributed by atoms with Crippen molar-refractivity contribution in [3.63, 3.8) is 0 Å². The van der Waals surface area contributed by atoms with Crippen molar-refractivity contribution < 1.29 is 14.3 Å². The van der Waals surface area contributed by atoms with Crippen molar-refractivity contribution in [3.05, 3.63) is 71.4 Å². The standard InChI is InChI=1S/C27H31N3O3/c1-4-21-11-8-9-17-29(21)26(31)20-13-15-22(16-14-20)30-25(23-12-7-6-10-19(23)3)18-24(28-30)27(32)33-5-2/h6-7,10,12-16,18,21H,4-5,8-9,11,17H2,1-3H3/t21-/m1/s1. The largest absolute Gasteiger partial charge is 0.461 e. The van der Waals surface area contributed by atoms with Crippen LogP contribution in [0.1, 0.15) is 65.9 Å². The van der Waals surface area contributed by atoms with Gasteiger partial charge in [-0.1, -0.05) is 31.2 Å². The van der Waals surface area contributed by atoms with Crippen molar-refractivity contribution in [1.82, 2.24) is 14.7 Å². The minimum Gasteiger partial charge on any atom is -0.461 e. The van der Waals surface area contributed by atoms with Crippen LogP contribution in [0.5, 0.6) is 0 Å². The molecule has 0 bridgehead atoms. The first kappa shape index (κ1) is 22.8. The van der Waals surface area contributed by atoms with Crippen LogP contribution in [0.3, 0.4) is 0 Å². The summed E-state index contributed by atoms with van der Waals surface area (Å²) in [7, 11) is 0. The van der Waals surface area contributed by atoms with Crippen LogP contribution in [0, 0.1) is 6.92 Å². The van der Waals surface area contributed by atoms with Crippen molar-refractivity contribution in [2.24, 2.45) is 0 Å². The molecule has 3 aromatic rings. The number of piperidine rings is 1. The van der Waals surface area contributed by atoms with Gasteiger partial charge in [-0.2, -0.15) is 5.10 Å². The molecule has 1 aliphatic heterocycles. The summed E-state index contributed by atoms with van der Waals surface area (Å²) in [5.41, 5.74) is 4.59. The molecule has 0 spiro atoms. The molecule has 2 heterocycles. The Morgan fingerprint density at radius 1 is 1.06 bits per heavy atom. The monoisotopic (exact) mass is 445 g/mol. The Morgan fingerprint density at radius 2 is 1.82 bits per heavy atom. The van der Waals surface area contributed by atoms with E-state index in [9.17, 15) is 9.59 Å². The second kappa shape index (κ2) is 10.0. The van der Waals surface area contributed by atoms with Gasteiger partial charge in [-0.15, -0.1) is 0 Å². The fourth-order valence-electron chi connectivity index (χ4n) is 4.54. The highest BCUT2D eigenvalue weighted by molar-refractivity contribution is 5.94. The van der Waals surface area contributed by atoms with E-state index >= 15 is 0 Å². The van der Waals surface area contributed by atoms with E-state index in [0.717, 1.165) is 48.3 Å². The predicted octanol–water partition coefficient (Wildman–Crippen LogP) is 5.43. The molecule has 172 valence electrons. The van der Waals surface area contributed by atoms with Crippen LogP contribution in [-0.2, 0) is 4.74 Å². The van der Waals surface area contributed by atoms with Crippen molar-refractivity contribution in [2.45, 2.75) is 52.5 Å². The minimum atomic E-state index is -0.450. The molecular weight excluding hydrogens is 414 g/mol. The molecule has 0 unspecified atom stereocenters. The van der Waals surface area contributed by atoms with Gasteiger partial charge >= 0.3 is 5.97 Å². The van der Waals surface area contributed by atoms with Gasteiger partial charge in [0.1, 0.15) is 0 Å². The van der Waals surface area contributed by atoms with Crippen molar-refractivity contribution in [1.29, 1.82) is 0 Å². The lowest BCUT2D eigenvalue weighted by molar-refractivity contribution is 0.0518. The van der Waals surface area contributed by atoms with E-state index < -0.39 is 5.97 Å². The number of carbonyl (C=O) groups excluding carboxylic acids is 2. The maximum Gasteiger partial charge on any atom is 0.358 e. The first-order valence-electron chi connectivity index (χ1n) is 11.8. The number of carbonyl (C=O) groups is 2. The van der Waals surface area contributed by atoms with Gasteiger partial charge in [0.15, 0.2) is 5.69 Å². The fourth-order valence-corrected chi connectivity index (χ4v) is 4.54. The number of nitrogens with zero attached hydrogens (tertiary/aromatic N) is 3. The number of aromatic nitrogens is 2. The maximum atomic E-state index is 13.2. The van der Waals surface area contributed by atoms with Crippen LogP contribution in [0.2, 0.25) is 0 Å². The van der Waals surface area contributed by atoms with Gasteiger partial charge in [-0.25, -0.2) is 9.48 Å². The summed E-state index contributed by atoms with van der Waals surface area (Å²) in [5.74, 6) is -0.367. The molecule has 2 aromatic carbocycles. The zero-order chi connectivity index (χ0) is 23.4. The molecule has 0 radical (unpaired) electrons. The zero-order valence-electron chi connectivity index (χ0n) is 19.6. The molecule has 6 heteroatoms. The van der Waals surface area contributed by atoms with Crippen molar-refractivity contribution in [2.75, 3.05) is 13.2 Å². The number of hydrogen-bond acceptors (Lipinski definition) is 4. The predicted molar refractivity (Wildman–Crippen MR) is 129 cm³/mol. The number of benzene rings is 2. The van der Waals surface area contributed by atoms with Crippen molar-refractivity contribution >= 4 is 11.9 Å². The van der Waals surface area contributed by atoms with Gasteiger partial charge in [-0.3, -0.25) is 4.79 Å². The Morgan fingerprint density at radius 3 is 2.52 bits per heavy atom. The number of aryl methyl sites for hydroxylation is 1. The maximum absolute atomic E-state index is 13.2. The average Bonchev–Trinajstić information content (AvgIpc) is 3.29. The normalized spacial score (nSPS) is 16.0. The molecule has 1 atom stereocenters. The third kappa shape index (κ3) is 4.70. The Balaban J connectivity index is 1.69. The highest BCUT2D eigenvalue weighted by Crippen LogP contribution is 2.28. The van der Waals surface area contributed by atoms with Gasteiger partial charge in [0, 0.05) is 23.7 Å². The van der Waals surface area contributed by atoms with Crippen LogP contribution >= 0.6 is 0 Å². The smallest absolute Gasteiger partial charge is 0.358 e. The van der Waals surface area contributed by atoms with Gasteiger partial charge < -0.3 is 9.64 Å². The summed E-state index contributed by atoms with van der Waals surface area (Å²) in [6, 6.07) is 17.6. The van der Waals surface area contributed by atoms with Crippen LogP contribution in [0.25, 0.3) is 16.9 Å². The van der Waals surface area contributed by atoms with E-state index in [4.69, 9.17) is 4.74 Å². The van der Waals surface area contributed by atoms with Crippen molar-refractivity contribution in [3.8, 4) is 16.9 Å². The Kier molecular flexibility index (Phi) is 6.92. The summed E-state index contributed by atoms with van der Waals surface area (Å²) >= 11 is 0. The molecule has 1 amide bonds. The summed E-state index contributed by atoms with van der Waals surface area (Å²) in [4.78, 5) is 27.6. The molecule has 4 rings (SSSR count). The number of hydrogen-bond donors (Lipinski definition) is 0. The lowest BCUT2D eigenvalue weighted by atomic mass is 9.99. The molecule has 0 aliphatic carbocycles. The number of esters is 1. The molecule has 6 nitrogen and oxygen atoms in total. The number of rotatable bonds is 6. The molecule has 33 heavy (non-hydrogen) atoms. The van der Waals surface area contributed by atoms with Crippen LogP contribution < -0.4 is 0 Å². The Labute approximate surface area is 195 Å². The second-order valence-electron chi connectivity index (χ2n) is 8.47. The zero-order valence-corrected chi connectivity index (χ0v) is 19.6. The molecule has 1 saturated heterocycles. The fraction of sp³-hybridized carbons (Fsp3) is 0.370.